The summed E-state index contributed by atoms with van der Waals surface area (Å²) in [4.78, 5) is 14.4. The van der Waals surface area contributed by atoms with E-state index in [2.05, 4.69) is 0 Å². The van der Waals surface area contributed by atoms with Crippen LogP contribution < -0.4 is 4.74 Å². The SMILES string of the molecule is CC(I)C(=O)Oc1cccc([S+](c2ccccc2)c2ccccc2)c1F. The van der Waals surface area contributed by atoms with Crippen molar-refractivity contribution in [1.82, 2.24) is 0 Å². The molecule has 0 heterocycles. The molecule has 0 aliphatic carbocycles. The van der Waals surface area contributed by atoms with E-state index in [1.165, 1.54) is 6.07 Å². The third-order valence-electron chi connectivity index (χ3n) is 3.64. The van der Waals surface area contributed by atoms with Crippen LogP contribution in [0.25, 0.3) is 0 Å². The first kappa shape index (κ1) is 18.9. The maximum atomic E-state index is 15.2. The second-order valence-electron chi connectivity index (χ2n) is 5.54. The second-order valence-corrected chi connectivity index (χ2v) is 9.40. The molecule has 0 spiro atoms. The van der Waals surface area contributed by atoms with Gasteiger partial charge >= 0.3 is 5.97 Å². The lowest BCUT2D eigenvalue weighted by Gasteiger charge is -2.11. The minimum atomic E-state index is -0.630. The Kier molecular flexibility index (Phi) is 6.32. The van der Waals surface area contributed by atoms with E-state index in [1.807, 2.05) is 83.3 Å². The van der Waals surface area contributed by atoms with Crippen molar-refractivity contribution in [3.63, 3.8) is 0 Å². The number of rotatable bonds is 5. The first-order chi connectivity index (χ1) is 12.6. The standard InChI is InChI=1S/C21H17FIO2S/c1-15(23)21(24)25-18-13-8-14-19(20(18)22)26(16-9-4-2-5-10-16)17-11-6-3-7-12-17/h2-15H,1H3/q+1. The lowest BCUT2D eigenvalue weighted by Crippen LogP contribution is -2.18. The van der Waals surface area contributed by atoms with E-state index < -0.39 is 22.7 Å². The van der Waals surface area contributed by atoms with E-state index in [-0.39, 0.29) is 9.67 Å². The van der Waals surface area contributed by atoms with Crippen LogP contribution >= 0.6 is 22.6 Å². The second kappa shape index (κ2) is 8.68. The predicted octanol–water partition coefficient (Wildman–Crippen LogP) is 5.65. The summed E-state index contributed by atoms with van der Waals surface area (Å²) in [6.07, 6.45) is 0. The predicted molar refractivity (Wildman–Crippen MR) is 111 cm³/mol. The van der Waals surface area contributed by atoms with Gasteiger partial charge in [0.1, 0.15) is 14.8 Å². The molecule has 0 N–H and O–H groups in total. The fourth-order valence-electron chi connectivity index (χ4n) is 2.42. The van der Waals surface area contributed by atoms with Crippen LogP contribution in [0.4, 0.5) is 4.39 Å². The Morgan fingerprint density at radius 3 is 1.96 bits per heavy atom. The molecule has 1 unspecified atom stereocenters. The van der Waals surface area contributed by atoms with Gasteiger partial charge in [0.15, 0.2) is 15.5 Å². The van der Waals surface area contributed by atoms with Gasteiger partial charge < -0.3 is 4.74 Å². The summed E-state index contributed by atoms with van der Waals surface area (Å²) < 4.78 is 20.1. The van der Waals surface area contributed by atoms with Gasteiger partial charge in [0.2, 0.25) is 10.7 Å². The average molecular weight is 479 g/mol. The zero-order valence-corrected chi connectivity index (χ0v) is 17.0. The third-order valence-corrected chi connectivity index (χ3v) is 6.39. The van der Waals surface area contributed by atoms with Crippen molar-refractivity contribution in [1.29, 1.82) is 0 Å². The molecular formula is C21H17FIO2S+. The number of ether oxygens (including phenoxy) is 1. The van der Waals surface area contributed by atoms with E-state index in [0.29, 0.717) is 4.90 Å². The van der Waals surface area contributed by atoms with E-state index in [9.17, 15) is 4.79 Å². The molecule has 3 rings (SSSR count). The average Bonchev–Trinajstić information content (AvgIpc) is 2.66. The van der Waals surface area contributed by atoms with Crippen LogP contribution in [0.3, 0.4) is 0 Å². The smallest absolute Gasteiger partial charge is 0.324 e. The third kappa shape index (κ3) is 4.27. The molecule has 26 heavy (non-hydrogen) atoms. The Bertz CT molecular complexity index is 846. The Morgan fingerprint density at radius 2 is 1.46 bits per heavy atom. The van der Waals surface area contributed by atoms with Crippen molar-refractivity contribution in [2.75, 3.05) is 0 Å². The van der Waals surface area contributed by atoms with Crippen LogP contribution in [0.15, 0.2) is 93.5 Å². The Hall–Kier alpha value is -1.86. The topological polar surface area (TPSA) is 26.3 Å². The van der Waals surface area contributed by atoms with Crippen LogP contribution in [-0.4, -0.2) is 9.89 Å². The molecule has 0 aliphatic rings. The Labute approximate surface area is 168 Å². The molecule has 0 fully saturated rings. The van der Waals surface area contributed by atoms with E-state index in [0.717, 1.165) is 9.79 Å². The van der Waals surface area contributed by atoms with Gasteiger partial charge in [-0.3, -0.25) is 4.79 Å². The summed E-state index contributed by atoms with van der Waals surface area (Å²) in [5.74, 6) is -0.977. The highest BCUT2D eigenvalue weighted by Crippen LogP contribution is 2.35. The largest absolute Gasteiger partial charge is 0.422 e. The molecule has 3 aromatic rings. The highest BCUT2D eigenvalue weighted by Gasteiger charge is 2.33. The fourth-order valence-corrected chi connectivity index (χ4v) is 4.68. The minimum absolute atomic E-state index is 0.0274. The molecule has 1 atom stereocenters. The minimum Gasteiger partial charge on any atom is -0.422 e. The van der Waals surface area contributed by atoms with Crippen LogP contribution in [0.2, 0.25) is 0 Å². The summed E-state index contributed by atoms with van der Waals surface area (Å²) in [7, 11) is -0.630. The fraction of sp³-hybridized carbons (Fsp3) is 0.0952. The van der Waals surface area contributed by atoms with E-state index in [1.54, 1.807) is 19.1 Å². The Morgan fingerprint density at radius 1 is 0.923 bits per heavy atom. The molecule has 5 heteroatoms. The number of alkyl halides is 1. The van der Waals surface area contributed by atoms with Crippen LogP contribution in [0, 0.1) is 5.82 Å². The molecule has 2 nitrogen and oxygen atoms in total. The van der Waals surface area contributed by atoms with Gasteiger partial charge in [0, 0.05) is 0 Å². The summed E-state index contributed by atoms with van der Waals surface area (Å²) in [6.45, 7) is 1.71. The van der Waals surface area contributed by atoms with Crippen molar-refractivity contribution in [3.8, 4) is 5.75 Å². The van der Waals surface area contributed by atoms with Crippen molar-refractivity contribution in [2.45, 2.75) is 25.5 Å². The van der Waals surface area contributed by atoms with Gasteiger partial charge in [-0.2, -0.15) is 4.39 Å². The van der Waals surface area contributed by atoms with Crippen molar-refractivity contribution in [2.24, 2.45) is 0 Å². The van der Waals surface area contributed by atoms with E-state index in [4.69, 9.17) is 4.74 Å². The van der Waals surface area contributed by atoms with Crippen molar-refractivity contribution in [3.05, 3.63) is 84.7 Å². The number of carbonyl (C=O) groups excluding carboxylic acids is 1. The summed E-state index contributed by atoms with van der Waals surface area (Å²) in [5, 5.41) is 0. The van der Waals surface area contributed by atoms with Gasteiger partial charge in [-0.05, 0) is 43.3 Å². The van der Waals surface area contributed by atoms with E-state index >= 15 is 4.39 Å². The monoisotopic (exact) mass is 479 g/mol. The summed E-state index contributed by atoms with van der Waals surface area (Å²) in [6, 6.07) is 24.6. The lowest BCUT2D eigenvalue weighted by molar-refractivity contribution is -0.133. The first-order valence-corrected chi connectivity index (χ1v) is 10.5. The molecule has 3 aromatic carbocycles. The molecule has 0 aromatic heterocycles. The number of hydrogen-bond acceptors (Lipinski definition) is 2. The molecule has 0 bridgehead atoms. The molecular weight excluding hydrogens is 462 g/mol. The van der Waals surface area contributed by atoms with Gasteiger partial charge in [-0.1, -0.05) is 65.1 Å². The van der Waals surface area contributed by atoms with Gasteiger partial charge in [0.05, 0.1) is 0 Å². The molecule has 132 valence electrons. The summed E-state index contributed by atoms with van der Waals surface area (Å²) in [5.41, 5.74) is 0. The molecule has 0 radical (unpaired) electrons. The zero-order chi connectivity index (χ0) is 18.5. The van der Waals surface area contributed by atoms with Crippen molar-refractivity contribution >= 4 is 39.5 Å². The lowest BCUT2D eigenvalue weighted by atomic mass is 10.3. The normalized spacial score (nSPS) is 12.0. The first-order valence-electron chi connectivity index (χ1n) is 8.06. The van der Waals surface area contributed by atoms with Gasteiger partial charge in [0.25, 0.3) is 0 Å². The van der Waals surface area contributed by atoms with Crippen LogP contribution in [0.5, 0.6) is 5.75 Å². The summed E-state index contributed by atoms with van der Waals surface area (Å²) >= 11 is 1.95. The van der Waals surface area contributed by atoms with Crippen LogP contribution in [-0.2, 0) is 15.7 Å². The maximum Gasteiger partial charge on any atom is 0.324 e. The van der Waals surface area contributed by atoms with Gasteiger partial charge in [-0.25, -0.2) is 0 Å². The quantitative estimate of drug-likeness (QED) is 0.156. The van der Waals surface area contributed by atoms with Gasteiger partial charge in [-0.15, -0.1) is 0 Å². The molecule has 0 aliphatic heterocycles. The molecule has 0 amide bonds. The Balaban J connectivity index is 2.09. The number of carbonyl (C=O) groups is 1. The number of halogens is 2. The van der Waals surface area contributed by atoms with Crippen LogP contribution in [0.1, 0.15) is 6.92 Å². The number of benzene rings is 3. The zero-order valence-electron chi connectivity index (χ0n) is 14.1. The molecule has 0 saturated carbocycles. The maximum absolute atomic E-state index is 15.2. The number of hydrogen-bond donors (Lipinski definition) is 0. The van der Waals surface area contributed by atoms with Crippen molar-refractivity contribution < 1.29 is 13.9 Å². The molecule has 0 saturated heterocycles. The number of esters is 1. The highest BCUT2D eigenvalue weighted by molar-refractivity contribution is 14.1. The highest BCUT2D eigenvalue weighted by atomic mass is 127.